The minimum absolute atomic E-state index is 0.207. The topological polar surface area (TPSA) is 53.1 Å². The molecular weight excluding hydrogens is 330 g/mol. The summed E-state index contributed by atoms with van der Waals surface area (Å²) >= 11 is 0. The molecule has 0 N–H and O–H groups in total. The van der Waals surface area contributed by atoms with E-state index in [-0.39, 0.29) is 18.2 Å². The average molecular weight is 366 g/mol. The second-order valence-corrected chi connectivity index (χ2v) is 8.37. The fourth-order valence-electron chi connectivity index (χ4n) is 5.26. The van der Waals surface area contributed by atoms with Crippen LogP contribution in [0.25, 0.3) is 0 Å². The van der Waals surface area contributed by atoms with Gasteiger partial charge in [0, 0.05) is 50.2 Å². The third-order valence-corrected chi connectivity index (χ3v) is 6.63. The van der Waals surface area contributed by atoms with Crippen LogP contribution >= 0.6 is 0 Å². The van der Waals surface area contributed by atoms with E-state index in [9.17, 15) is 9.59 Å². The number of nitrogens with zero attached hydrogens (tertiary/aromatic N) is 3. The van der Waals surface area contributed by atoms with Gasteiger partial charge in [0.2, 0.25) is 5.91 Å². The Balaban J connectivity index is 1.53. The first-order valence-electron chi connectivity index (χ1n) is 10.4. The van der Waals surface area contributed by atoms with Crippen LogP contribution in [0.4, 0.5) is 4.79 Å². The Hall–Kier alpha value is -1.30. The number of carbonyl (C=O) groups excluding carboxylic acids is 2. The van der Waals surface area contributed by atoms with Crippen molar-refractivity contribution < 1.29 is 14.3 Å². The van der Waals surface area contributed by atoms with Gasteiger partial charge in [-0.1, -0.05) is 6.42 Å². The number of hydrogen-bond acceptors (Lipinski definition) is 4. The summed E-state index contributed by atoms with van der Waals surface area (Å²) in [5.41, 5.74) is 0. The number of rotatable bonds is 2. The molecule has 0 radical (unpaired) electrons. The van der Waals surface area contributed by atoms with Crippen LogP contribution in [0.15, 0.2) is 0 Å². The standard InChI is InChI=1S/C20H35N3O3/c1-15-13-18(14-16(2)23(15)20(25)26-3)21-11-8-17(9-12-21)22-10-6-4-5-7-19(22)24/h15-18H,4-14H2,1-3H3. The first-order valence-corrected chi connectivity index (χ1v) is 10.4. The first kappa shape index (κ1) is 19.5. The molecule has 0 saturated carbocycles. The number of carbonyl (C=O) groups is 2. The van der Waals surface area contributed by atoms with Crippen LogP contribution in [-0.4, -0.2) is 77.6 Å². The summed E-state index contributed by atoms with van der Waals surface area (Å²) in [6.45, 7) is 7.34. The maximum absolute atomic E-state index is 12.4. The lowest BCUT2D eigenvalue weighted by Crippen LogP contribution is -2.57. The van der Waals surface area contributed by atoms with Crippen LogP contribution in [0, 0.1) is 0 Å². The van der Waals surface area contributed by atoms with Gasteiger partial charge >= 0.3 is 6.09 Å². The monoisotopic (exact) mass is 365 g/mol. The van der Waals surface area contributed by atoms with E-state index >= 15 is 0 Å². The molecule has 0 aromatic heterocycles. The molecule has 0 aliphatic carbocycles. The third-order valence-electron chi connectivity index (χ3n) is 6.63. The number of piperidine rings is 2. The van der Waals surface area contributed by atoms with Crippen molar-refractivity contribution in [3.05, 3.63) is 0 Å². The molecule has 3 saturated heterocycles. The SMILES string of the molecule is COC(=O)N1C(C)CC(N2CCC(N3CCCCCC3=O)CC2)CC1C. The molecule has 3 aliphatic rings. The van der Waals surface area contributed by atoms with Gasteiger partial charge in [0.25, 0.3) is 0 Å². The normalized spacial score (nSPS) is 32.4. The van der Waals surface area contributed by atoms with E-state index in [0.29, 0.717) is 18.0 Å². The van der Waals surface area contributed by atoms with Gasteiger partial charge in [0.1, 0.15) is 0 Å². The summed E-state index contributed by atoms with van der Waals surface area (Å²) < 4.78 is 4.95. The van der Waals surface area contributed by atoms with Crippen LogP contribution in [0.1, 0.15) is 65.2 Å². The number of methoxy groups -OCH3 is 1. The van der Waals surface area contributed by atoms with E-state index in [1.807, 2.05) is 4.90 Å². The summed E-state index contributed by atoms with van der Waals surface area (Å²) in [4.78, 5) is 31.0. The maximum Gasteiger partial charge on any atom is 0.409 e. The maximum atomic E-state index is 12.4. The number of hydrogen-bond donors (Lipinski definition) is 0. The van der Waals surface area contributed by atoms with Gasteiger partial charge in [-0.2, -0.15) is 0 Å². The Kier molecular flexibility index (Phi) is 6.43. The van der Waals surface area contributed by atoms with Crippen molar-refractivity contribution in [1.82, 2.24) is 14.7 Å². The molecule has 6 nitrogen and oxygen atoms in total. The Morgan fingerprint density at radius 1 is 0.962 bits per heavy atom. The number of likely N-dealkylation sites (tertiary alicyclic amines) is 3. The summed E-state index contributed by atoms with van der Waals surface area (Å²) in [6.07, 6.45) is 8.13. The van der Waals surface area contributed by atoms with Crippen LogP contribution in [0.3, 0.4) is 0 Å². The first-order chi connectivity index (χ1) is 12.5. The molecule has 2 atom stereocenters. The molecule has 26 heavy (non-hydrogen) atoms. The molecule has 2 amide bonds. The summed E-state index contributed by atoms with van der Waals surface area (Å²) in [6, 6.07) is 1.38. The molecule has 3 heterocycles. The zero-order valence-corrected chi connectivity index (χ0v) is 16.7. The van der Waals surface area contributed by atoms with Crippen molar-refractivity contribution in [1.29, 1.82) is 0 Å². The minimum Gasteiger partial charge on any atom is -0.453 e. The second kappa shape index (κ2) is 8.59. The molecular formula is C20H35N3O3. The quantitative estimate of drug-likeness (QED) is 0.755. The van der Waals surface area contributed by atoms with Crippen LogP contribution < -0.4 is 0 Å². The van der Waals surface area contributed by atoms with E-state index < -0.39 is 0 Å². The van der Waals surface area contributed by atoms with Crippen LogP contribution in [-0.2, 0) is 9.53 Å². The largest absolute Gasteiger partial charge is 0.453 e. The van der Waals surface area contributed by atoms with Gasteiger partial charge in [-0.15, -0.1) is 0 Å². The van der Waals surface area contributed by atoms with Crippen LogP contribution in [0.2, 0.25) is 0 Å². The predicted molar refractivity (Wildman–Crippen MR) is 101 cm³/mol. The molecule has 3 rings (SSSR count). The molecule has 2 unspecified atom stereocenters. The van der Waals surface area contributed by atoms with Crippen molar-refractivity contribution >= 4 is 12.0 Å². The second-order valence-electron chi connectivity index (χ2n) is 8.37. The summed E-state index contributed by atoms with van der Waals surface area (Å²) in [7, 11) is 1.46. The van der Waals surface area contributed by atoms with Gasteiger partial charge in [-0.05, 0) is 52.4 Å². The van der Waals surface area contributed by atoms with E-state index in [2.05, 4.69) is 23.6 Å². The van der Waals surface area contributed by atoms with E-state index in [1.165, 1.54) is 13.5 Å². The zero-order valence-electron chi connectivity index (χ0n) is 16.7. The van der Waals surface area contributed by atoms with Gasteiger partial charge < -0.3 is 19.4 Å². The van der Waals surface area contributed by atoms with E-state index in [0.717, 1.165) is 64.6 Å². The summed E-state index contributed by atoms with van der Waals surface area (Å²) in [5, 5.41) is 0. The fraction of sp³-hybridized carbons (Fsp3) is 0.900. The van der Waals surface area contributed by atoms with Crippen molar-refractivity contribution in [2.24, 2.45) is 0 Å². The molecule has 3 fully saturated rings. The minimum atomic E-state index is -0.207. The van der Waals surface area contributed by atoms with Crippen molar-refractivity contribution in [3.63, 3.8) is 0 Å². The van der Waals surface area contributed by atoms with Crippen molar-refractivity contribution in [3.8, 4) is 0 Å². The molecule has 0 aromatic rings. The highest BCUT2D eigenvalue weighted by atomic mass is 16.5. The number of ether oxygens (including phenoxy) is 1. The highest BCUT2D eigenvalue weighted by Gasteiger charge is 2.38. The smallest absolute Gasteiger partial charge is 0.409 e. The lowest BCUT2D eigenvalue weighted by atomic mass is 9.90. The molecule has 0 spiro atoms. The Labute approximate surface area is 157 Å². The van der Waals surface area contributed by atoms with Crippen molar-refractivity contribution in [2.45, 2.75) is 89.4 Å². The molecule has 0 aromatic carbocycles. The van der Waals surface area contributed by atoms with Gasteiger partial charge in [-0.25, -0.2) is 4.79 Å². The Morgan fingerprint density at radius 3 is 2.23 bits per heavy atom. The molecule has 148 valence electrons. The predicted octanol–water partition coefficient (Wildman–Crippen LogP) is 2.86. The average Bonchev–Trinajstić information content (AvgIpc) is 2.85. The molecule has 6 heteroatoms. The Morgan fingerprint density at radius 2 is 1.62 bits per heavy atom. The van der Waals surface area contributed by atoms with Crippen LogP contribution in [0.5, 0.6) is 0 Å². The van der Waals surface area contributed by atoms with E-state index in [1.54, 1.807) is 0 Å². The fourth-order valence-corrected chi connectivity index (χ4v) is 5.26. The lowest BCUT2D eigenvalue weighted by molar-refractivity contribution is -0.134. The van der Waals surface area contributed by atoms with E-state index in [4.69, 9.17) is 4.74 Å². The molecule has 0 bridgehead atoms. The van der Waals surface area contributed by atoms with Crippen molar-refractivity contribution in [2.75, 3.05) is 26.7 Å². The summed E-state index contributed by atoms with van der Waals surface area (Å²) in [5.74, 6) is 0.370. The zero-order chi connectivity index (χ0) is 18.7. The van der Waals surface area contributed by atoms with Gasteiger partial charge in [0.15, 0.2) is 0 Å². The Bertz CT molecular complexity index is 493. The van der Waals surface area contributed by atoms with Gasteiger partial charge in [0.05, 0.1) is 7.11 Å². The lowest BCUT2D eigenvalue weighted by Gasteiger charge is -2.47. The number of amides is 2. The molecule has 3 aliphatic heterocycles. The van der Waals surface area contributed by atoms with Gasteiger partial charge in [-0.3, -0.25) is 4.79 Å². The highest BCUT2D eigenvalue weighted by molar-refractivity contribution is 5.76. The third kappa shape index (κ3) is 4.16. The highest BCUT2D eigenvalue weighted by Crippen LogP contribution is 2.30.